The van der Waals surface area contributed by atoms with E-state index in [2.05, 4.69) is 33.0 Å². The molecule has 2 aromatic heterocycles. The van der Waals surface area contributed by atoms with Crippen molar-refractivity contribution < 1.29 is 4.79 Å². The smallest absolute Gasteiger partial charge is 0.275 e. The predicted octanol–water partition coefficient (Wildman–Crippen LogP) is 4.70. The van der Waals surface area contributed by atoms with Gasteiger partial charge in [-0.15, -0.1) is 0 Å². The Balaban J connectivity index is 1.89. The van der Waals surface area contributed by atoms with E-state index in [9.17, 15) is 9.59 Å². The van der Waals surface area contributed by atoms with Gasteiger partial charge in [-0.1, -0.05) is 58.7 Å². The maximum Gasteiger partial charge on any atom is 0.275 e. The molecule has 0 saturated heterocycles. The molecular weight excluding hydrogens is 374 g/mol. The predicted molar refractivity (Wildman–Crippen MR) is 123 cm³/mol. The van der Waals surface area contributed by atoms with Gasteiger partial charge in [0.25, 0.3) is 11.5 Å². The van der Waals surface area contributed by atoms with E-state index in [-0.39, 0.29) is 17.5 Å². The van der Waals surface area contributed by atoms with Crippen molar-refractivity contribution in [2.24, 2.45) is 24.8 Å². The molecule has 4 rings (SSSR count). The standard InChI is InChI=1S/C25H33N3O2/c1-15(2)13-28-14-19(24(29)26-20-11-8-9-16(3)17(20)4)22-18-10-6-7-12-21(18)27(5)23(22)25(28)30/h6-7,10,12,14-17,20H,8-9,11,13H2,1-5H3,(H,26,29). The quantitative estimate of drug-likeness (QED) is 0.681. The molecule has 3 unspecified atom stereocenters. The van der Waals surface area contributed by atoms with Crippen LogP contribution >= 0.6 is 0 Å². The van der Waals surface area contributed by atoms with Gasteiger partial charge in [-0.05, 0) is 30.2 Å². The zero-order valence-electron chi connectivity index (χ0n) is 18.7. The Bertz CT molecular complexity index is 1150. The van der Waals surface area contributed by atoms with Gasteiger partial charge in [0, 0.05) is 42.1 Å². The fraction of sp³-hybridized carbons (Fsp3) is 0.520. The number of rotatable bonds is 4. The molecule has 1 N–H and O–H groups in total. The summed E-state index contributed by atoms with van der Waals surface area (Å²) in [5.41, 5.74) is 2.15. The van der Waals surface area contributed by atoms with Crippen molar-refractivity contribution in [3.8, 4) is 0 Å². The molecule has 0 aliphatic heterocycles. The van der Waals surface area contributed by atoms with Crippen LogP contribution in [0.25, 0.3) is 21.8 Å². The number of fused-ring (bicyclic) bond motifs is 3. The number of hydrogen-bond acceptors (Lipinski definition) is 2. The first-order valence-corrected chi connectivity index (χ1v) is 11.2. The minimum atomic E-state index is -0.0696. The Morgan fingerprint density at radius 3 is 2.67 bits per heavy atom. The van der Waals surface area contributed by atoms with Crippen LogP contribution in [-0.2, 0) is 13.6 Å². The summed E-state index contributed by atoms with van der Waals surface area (Å²) in [6.45, 7) is 9.27. The molecular formula is C25H33N3O2. The van der Waals surface area contributed by atoms with Gasteiger partial charge < -0.3 is 14.5 Å². The molecule has 1 saturated carbocycles. The summed E-state index contributed by atoms with van der Waals surface area (Å²) in [4.78, 5) is 26.9. The summed E-state index contributed by atoms with van der Waals surface area (Å²) in [5.74, 6) is 1.30. The van der Waals surface area contributed by atoms with Crippen LogP contribution in [0.3, 0.4) is 0 Å². The van der Waals surface area contributed by atoms with Crippen molar-refractivity contribution in [3.05, 3.63) is 46.4 Å². The van der Waals surface area contributed by atoms with E-state index in [0.29, 0.717) is 35.4 Å². The summed E-state index contributed by atoms with van der Waals surface area (Å²) < 4.78 is 3.65. The van der Waals surface area contributed by atoms with Gasteiger partial charge in [0.05, 0.1) is 5.56 Å². The maximum atomic E-state index is 13.5. The molecule has 2 heterocycles. The highest BCUT2D eigenvalue weighted by Crippen LogP contribution is 2.32. The van der Waals surface area contributed by atoms with Gasteiger partial charge in [0.15, 0.2) is 0 Å². The number of carbonyl (C=O) groups excluding carboxylic acids is 1. The van der Waals surface area contributed by atoms with E-state index in [1.807, 2.05) is 35.9 Å². The van der Waals surface area contributed by atoms with Gasteiger partial charge in [0.2, 0.25) is 0 Å². The van der Waals surface area contributed by atoms with Gasteiger partial charge >= 0.3 is 0 Å². The number of para-hydroxylation sites is 1. The Labute approximate surface area is 178 Å². The third kappa shape index (κ3) is 3.44. The zero-order chi connectivity index (χ0) is 21.6. The number of aryl methyl sites for hydroxylation is 1. The Morgan fingerprint density at radius 1 is 1.20 bits per heavy atom. The highest BCUT2D eigenvalue weighted by molar-refractivity contribution is 6.17. The first-order valence-electron chi connectivity index (χ1n) is 11.2. The number of hydrogen-bond donors (Lipinski definition) is 1. The zero-order valence-corrected chi connectivity index (χ0v) is 18.7. The second-order valence-corrected chi connectivity index (χ2v) is 9.54. The molecule has 5 nitrogen and oxygen atoms in total. The minimum absolute atomic E-state index is 0.0337. The van der Waals surface area contributed by atoms with E-state index in [4.69, 9.17) is 0 Å². The Hall–Kier alpha value is -2.56. The van der Waals surface area contributed by atoms with Crippen LogP contribution in [-0.4, -0.2) is 21.1 Å². The van der Waals surface area contributed by atoms with E-state index in [0.717, 1.165) is 29.1 Å². The minimum Gasteiger partial charge on any atom is -0.349 e. The fourth-order valence-electron chi connectivity index (χ4n) is 5.06. The topological polar surface area (TPSA) is 56.0 Å². The molecule has 1 aromatic carbocycles. The van der Waals surface area contributed by atoms with Gasteiger partial charge in [-0.25, -0.2) is 0 Å². The van der Waals surface area contributed by atoms with E-state index in [1.54, 1.807) is 10.8 Å². The molecule has 3 atom stereocenters. The van der Waals surface area contributed by atoms with Crippen LogP contribution in [0.4, 0.5) is 0 Å². The average molecular weight is 408 g/mol. The third-order valence-corrected chi connectivity index (χ3v) is 6.95. The Kier molecular flexibility index (Phi) is 5.48. The van der Waals surface area contributed by atoms with Crippen LogP contribution in [0.15, 0.2) is 35.3 Å². The fourth-order valence-corrected chi connectivity index (χ4v) is 5.06. The summed E-state index contributed by atoms with van der Waals surface area (Å²) in [5, 5.41) is 5.05. The van der Waals surface area contributed by atoms with Crippen molar-refractivity contribution >= 4 is 27.7 Å². The lowest BCUT2D eigenvalue weighted by Crippen LogP contribution is -2.44. The van der Waals surface area contributed by atoms with Crippen LogP contribution in [0, 0.1) is 17.8 Å². The number of amides is 1. The normalized spacial score (nSPS) is 22.1. The lowest BCUT2D eigenvalue weighted by atomic mass is 9.78. The van der Waals surface area contributed by atoms with Crippen LogP contribution in [0.1, 0.15) is 57.3 Å². The summed E-state index contributed by atoms with van der Waals surface area (Å²) >= 11 is 0. The SMILES string of the molecule is CC(C)Cn1cc(C(=O)NC2CCCC(C)C2C)c2c3ccccc3n(C)c2c1=O. The summed E-state index contributed by atoms with van der Waals surface area (Å²) in [6, 6.07) is 8.13. The third-order valence-electron chi connectivity index (χ3n) is 6.95. The second-order valence-electron chi connectivity index (χ2n) is 9.54. The highest BCUT2D eigenvalue weighted by Gasteiger charge is 2.30. The monoisotopic (exact) mass is 407 g/mol. The molecule has 0 bridgehead atoms. The van der Waals surface area contributed by atoms with Crippen LogP contribution < -0.4 is 10.9 Å². The van der Waals surface area contributed by atoms with Gasteiger partial charge in [-0.2, -0.15) is 0 Å². The molecule has 0 radical (unpaired) electrons. The summed E-state index contributed by atoms with van der Waals surface area (Å²) in [7, 11) is 1.92. The average Bonchev–Trinajstić information content (AvgIpc) is 3.01. The second kappa shape index (κ2) is 7.93. The van der Waals surface area contributed by atoms with Gasteiger partial charge in [0.1, 0.15) is 5.52 Å². The summed E-state index contributed by atoms with van der Waals surface area (Å²) in [6.07, 6.45) is 5.16. The van der Waals surface area contributed by atoms with Crippen molar-refractivity contribution in [3.63, 3.8) is 0 Å². The maximum absolute atomic E-state index is 13.5. The molecule has 3 aromatic rings. The van der Waals surface area contributed by atoms with Crippen molar-refractivity contribution in [2.75, 3.05) is 0 Å². The number of aromatic nitrogens is 2. The van der Waals surface area contributed by atoms with Crippen LogP contribution in [0.2, 0.25) is 0 Å². The van der Waals surface area contributed by atoms with Crippen molar-refractivity contribution in [1.29, 1.82) is 0 Å². The van der Waals surface area contributed by atoms with Crippen LogP contribution in [0.5, 0.6) is 0 Å². The van der Waals surface area contributed by atoms with E-state index < -0.39 is 0 Å². The molecule has 5 heteroatoms. The molecule has 1 fully saturated rings. The molecule has 160 valence electrons. The molecule has 1 aliphatic rings. The molecule has 30 heavy (non-hydrogen) atoms. The molecule has 1 aliphatic carbocycles. The number of benzene rings is 1. The lowest BCUT2D eigenvalue weighted by molar-refractivity contribution is 0.0892. The number of carbonyl (C=O) groups is 1. The number of nitrogens with one attached hydrogen (secondary N) is 1. The van der Waals surface area contributed by atoms with E-state index in [1.165, 1.54) is 6.42 Å². The van der Waals surface area contributed by atoms with Gasteiger partial charge in [-0.3, -0.25) is 9.59 Å². The number of nitrogens with zero attached hydrogens (tertiary/aromatic N) is 2. The lowest BCUT2D eigenvalue weighted by Gasteiger charge is -2.34. The van der Waals surface area contributed by atoms with E-state index >= 15 is 0 Å². The first-order chi connectivity index (χ1) is 14.3. The van der Waals surface area contributed by atoms with Crippen molar-refractivity contribution in [1.82, 2.24) is 14.5 Å². The Morgan fingerprint density at radius 2 is 1.93 bits per heavy atom. The largest absolute Gasteiger partial charge is 0.349 e. The first kappa shape index (κ1) is 20.7. The molecule has 1 amide bonds. The number of pyridine rings is 1. The highest BCUT2D eigenvalue weighted by atomic mass is 16.2. The van der Waals surface area contributed by atoms with Crippen molar-refractivity contribution in [2.45, 2.75) is 59.5 Å². The molecule has 0 spiro atoms.